The number of hydrogen-bond donors (Lipinski definition) is 0. The van der Waals surface area contributed by atoms with Crippen molar-refractivity contribution in [2.45, 2.75) is 34.1 Å². The van der Waals surface area contributed by atoms with Gasteiger partial charge in [-0.2, -0.15) is 0 Å². The molecule has 0 amide bonds. The van der Waals surface area contributed by atoms with E-state index in [1.54, 1.807) is 5.56 Å². The van der Waals surface area contributed by atoms with E-state index in [9.17, 15) is 0 Å². The maximum absolute atomic E-state index is 2.34. The third-order valence-electron chi connectivity index (χ3n) is 4.08. The maximum atomic E-state index is 2.34. The van der Waals surface area contributed by atoms with Crippen LogP contribution in [0.15, 0.2) is 24.3 Å². The van der Waals surface area contributed by atoms with Crippen LogP contribution >= 0.6 is 0 Å². The molecular weight excluding hydrogens is 204 g/mol. The molecule has 0 nitrogen and oxygen atoms in total. The molecule has 0 aliphatic heterocycles. The summed E-state index contributed by atoms with van der Waals surface area (Å²) in [5.74, 6) is 0. The van der Waals surface area contributed by atoms with Gasteiger partial charge in [0.05, 0.1) is 0 Å². The number of fused-ring (bicyclic) bond motifs is 3. The van der Waals surface area contributed by atoms with Gasteiger partial charge in [-0.15, -0.1) is 0 Å². The molecule has 0 atom stereocenters. The van der Waals surface area contributed by atoms with E-state index in [0.29, 0.717) is 0 Å². The van der Waals surface area contributed by atoms with Gasteiger partial charge in [0.2, 0.25) is 0 Å². The van der Waals surface area contributed by atoms with Crippen molar-refractivity contribution in [2.24, 2.45) is 0 Å². The zero-order valence-electron chi connectivity index (χ0n) is 11.0. The largest absolute Gasteiger partial charge is 0.0590 e. The standard InChI is InChI=1S/C17H18/c1-10-5-6-14-9-15-13(4)11(2)8-12(3)17(15)16(14)7-10/h5-8H,9H2,1-4H3. The van der Waals surface area contributed by atoms with Gasteiger partial charge in [-0.3, -0.25) is 0 Å². The summed E-state index contributed by atoms with van der Waals surface area (Å²) in [7, 11) is 0. The quantitative estimate of drug-likeness (QED) is 0.525. The number of aryl methyl sites for hydroxylation is 3. The first-order valence-corrected chi connectivity index (χ1v) is 6.27. The lowest BCUT2D eigenvalue weighted by Crippen LogP contribution is -1.93. The Kier molecular flexibility index (Phi) is 2.16. The first kappa shape index (κ1) is 10.6. The molecule has 0 N–H and O–H groups in total. The van der Waals surface area contributed by atoms with E-state index in [-0.39, 0.29) is 0 Å². The average Bonchev–Trinajstić information content (AvgIpc) is 2.65. The van der Waals surface area contributed by atoms with Gasteiger partial charge in [-0.25, -0.2) is 0 Å². The Hall–Kier alpha value is -1.56. The summed E-state index contributed by atoms with van der Waals surface area (Å²) in [5, 5.41) is 0. The molecule has 2 aromatic rings. The molecule has 1 aliphatic rings. The third kappa shape index (κ3) is 1.44. The zero-order chi connectivity index (χ0) is 12.2. The van der Waals surface area contributed by atoms with Gasteiger partial charge in [0.25, 0.3) is 0 Å². The third-order valence-corrected chi connectivity index (χ3v) is 4.08. The first-order valence-electron chi connectivity index (χ1n) is 6.27. The van der Waals surface area contributed by atoms with Crippen LogP contribution in [0, 0.1) is 27.7 Å². The van der Waals surface area contributed by atoms with Crippen LogP contribution in [0.3, 0.4) is 0 Å². The van der Waals surface area contributed by atoms with Crippen molar-refractivity contribution in [3.63, 3.8) is 0 Å². The second-order valence-corrected chi connectivity index (χ2v) is 5.33. The van der Waals surface area contributed by atoms with Gasteiger partial charge >= 0.3 is 0 Å². The highest BCUT2D eigenvalue weighted by atomic mass is 14.3. The summed E-state index contributed by atoms with van der Waals surface area (Å²) >= 11 is 0. The summed E-state index contributed by atoms with van der Waals surface area (Å²) in [6, 6.07) is 9.18. The minimum atomic E-state index is 1.11. The fourth-order valence-corrected chi connectivity index (χ4v) is 3.03. The predicted molar refractivity (Wildman–Crippen MR) is 73.6 cm³/mol. The van der Waals surface area contributed by atoms with E-state index in [4.69, 9.17) is 0 Å². The Labute approximate surface area is 103 Å². The van der Waals surface area contributed by atoms with E-state index < -0.39 is 0 Å². The molecule has 2 aromatic carbocycles. The highest BCUT2D eigenvalue weighted by Gasteiger charge is 2.22. The summed E-state index contributed by atoms with van der Waals surface area (Å²) < 4.78 is 0. The van der Waals surface area contributed by atoms with Gasteiger partial charge in [-0.05, 0) is 73.1 Å². The molecule has 0 saturated carbocycles. The van der Waals surface area contributed by atoms with Gasteiger partial charge in [0, 0.05) is 0 Å². The SMILES string of the molecule is Cc1ccc2c(c1)-c1c(C)cc(C)c(C)c1C2. The molecule has 0 fully saturated rings. The Morgan fingerprint density at radius 1 is 0.882 bits per heavy atom. The van der Waals surface area contributed by atoms with Crippen LogP contribution in [-0.2, 0) is 6.42 Å². The normalized spacial score (nSPS) is 12.5. The molecule has 0 radical (unpaired) electrons. The van der Waals surface area contributed by atoms with E-state index in [1.165, 1.54) is 38.9 Å². The summed E-state index contributed by atoms with van der Waals surface area (Å²) in [6.45, 7) is 8.89. The van der Waals surface area contributed by atoms with E-state index in [2.05, 4.69) is 52.0 Å². The molecule has 86 valence electrons. The van der Waals surface area contributed by atoms with Crippen LogP contribution in [0.4, 0.5) is 0 Å². The van der Waals surface area contributed by atoms with Crippen molar-refractivity contribution in [1.29, 1.82) is 0 Å². The molecule has 0 bridgehead atoms. The fraction of sp³-hybridized carbons (Fsp3) is 0.294. The predicted octanol–water partition coefficient (Wildman–Crippen LogP) is 4.49. The Morgan fingerprint density at radius 3 is 2.41 bits per heavy atom. The summed E-state index contributed by atoms with van der Waals surface area (Å²) in [5.41, 5.74) is 11.7. The van der Waals surface area contributed by atoms with Crippen LogP contribution in [0.2, 0.25) is 0 Å². The van der Waals surface area contributed by atoms with Crippen LogP contribution in [-0.4, -0.2) is 0 Å². The molecule has 0 aromatic heterocycles. The minimum absolute atomic E-state index is 1.11. The lowest BCUT2D eigenvalue weighted by Gasteiger charge is -2.11. The van der Waals surface area contributed by atoms with Gasteiger partial charge in [0.1, 0.15) is 0 Å². The van der Waals surface area contributed by atoms with Gasteiger partial charge < -0.3 is 0 Å². The molecule has 0 heteroatoms. The number of hydrogen-bond acceptors (Lipinski definition) is 0. The molecule has 0 heterocycles. The van der Waals surface area contributed by atoms with E-state index >= 15 is 0 Å². The zero-order valence-corrected chi connectivity index (χ0v) is 11.0. The Balaban J connectivity index is 2.36. The van der Waals surface area contributed by atoms with Gasteiger partial charge in [0.15, 0.2) is 0 Å². The van der Waals surface area contributed by atoms with E-state index in [1.807, 2.05) is 0 Å². The topological polar surface area (TPSA) is 0 Å². The molecule has 0 saturated heterocycles. The van der Waals surface area contributed by atoms with Crippen LogP contribution in [0.25, 0.3) is 11.1 Å². The van der Waals surface area contributed by atoms with Crippen molar-refractivity contribution in [2.75, 3.05) is 0 Å². The molecule has 17 heavy (non-hydrogen) atoms. The fourth-order valence-electron chi connectivity index (χ4n) is 3.03. The molecule has 0 spiro atoms. The molecule has 0 unspecified atom stereocenters. The Morgan fingerprint density at radius 2 is 1.65 bits per heavy atom. The maximum Gasteiger partial charge on any atom is -0.00106 e. The number of benzene rings is 2. The minimum Gasteiger partial charge on any atom is -0.0590 e. The summed E-state index contributed by atoms with van der Waals surface area (Å²) in [4.78, 5) is 0. The average molecular weight is 222 g/mol. The van der Waals surface area contributed by atoms with Crippen LogP contribution < -0.4 is 0 Å². The second-order valence-electron chi connectivity index (χ2n) is 5.33. The van der Waals surface area contributed by atoms with Crippen molar-refractivity contribution < 1.29 is 0 Å². The van der Waals surface area contributed by atoms with Crippen molar-refractivity contribution in [3.8, 4) is 11.1 Å². The lowest BCUT2D eigenvalue weighted by atomic mass is 9.93. The highest BCUT2D eigenvalue weighted by Crippen LogP contribution is 2.41. The smallest absolute Gasteiger partial charge is 0.00106 e. The van der Waals surface area contributed by atoms with Crippen molar-refractivity contribution >= 4 is 0 Å². The second kappa shape index (κ2) is 3.46. The van der Waals surface area contributed by atoms with Crippen molar-refractivity contribution in [3.05, 3.63) is 57.6 Å². The highest BCUT2D eigenvalue weighted by molar-refractivity contribution is 5.81. The van der Waals surface area contributed by atoms with Crippen molar-refractivity contribution in [1.82, 2.24) is 0 Å². The van der Waals surface area contributed by atoms with Crippen LogP contribution in [0.5, 0.6) is 0 Å². The monoisotopic (exact) mass is 222 g/mol. The first-order chi connectivity index (χ1) is 8.08. The van der Waals surface area contributed by atoms with Crippen LogP contribution in [0.1, 0.15) is 33.4 Å². The Bertz CT molecular complexity index is 618. The number of rotatable bonds is 0. The molecule has 1 aliphatic carbocycles. The molecule has 3 rings (SSSR count). The molecular formula is C17H18. The lowest BCUT2D eigenvalue weighted by molar-refractivity contribution is 1.18. The van der Waals surface area contributed by atoms with E-state index in [0.717, 1.165) is 6.42 Å². The van der Waals surface area contributed by atoms with Gasteiger partial charge in [-0.1, -0.05) is 29.8 Å². The summed E-state index contributed by atoms with van der Waals surface area (Å²) in [6.07, 6.45) is 1.11.